The average molecular weight is 309 g/mol. The zero-order valence-corrected chi connectivity index (χ0v) is 11.7. The molecule has 0 amide bonds. The first-order chi connectivity index (χ1) is 7.25. The van der Waals surface area contributed by atoms with Gasteiger partial charge in [0.05, 0.1) is 0 Å². The van der Waals surface area contributed by atoms with Crippen molar-refractivity contribution in [1.82, 2.24) is 5.32 Å². The summed E-state index contributed by atoms with van der Waals surface area (Å²) in [6, 6.07) is 2.98. The molecule has 0 saturated heterocycles. The molecular formula is C11H15BrClNS. The minimum absolute atomic E-state index is 0.843. The van der Waals surface area contributed by atoms with Gasteiger partial charge in [-0.05, 0) is 60.6 Å². The van der Waals surface area contributed by atoms with E-state index in [0.29, 0.717) is 0 Å². The molecule has 0 spiro atoms. The third kappa shape index (κ3) is 4.06. The third-order valence-corrected chi connectivity index (χ3v) is 5.09. The van der Waals surface area contributed by atoms with Gasteiger partial charge in [0.2, 0.25) is 0 Å². The second-order valence-corrected chi connectivity index (χ2v) is 6.61. The molecule has 0 aliphatic heterocycles. The lowest BCUT2D eigenvalue weighted by molar-refractivity contribution is 0.621. The third-order valence-electron chi connectivity index (χ3n) is 2.56. The number of hydrogen-bond acceptors (Lipinski definition) is 2. The summed E-state index contributed by atoms with van der Waals surface area (Å²) in [6.45, 7) is 1.17. The lowest BCUT2D eigenvalue weighted by Crippen LogP contribution is -2.17. The lowest BCUT2D eigenvalue weighted by atomic mass is 10.2. The van der Waals surface area contributed by atoms with Gasteiger partial charge in [0.1, 0.15) is 4.34 Å². The molecule has 1 heterocycles. The molecule has 15 heavy (non-hydrogen) atoms. The summed E-state index contributed by atoms with van der Waals surface area (Å²) in [5, 5.41) is 3.53. The Hall–Kier alpha value is 0.430. The van der Waals surface area contributed by atoms with E-state index >= 15 is 0 Å². The summed E-state index contributed by atoms with van der Waals surface area (Å²) in [5.74, 6) is 0. The number of hydrogen-bond donors (Lipinski definition) is 1. The summed E-state index contributed by atoms with van der Waals surface area (Å²) >= 11 is 11.1. The number of thiophene rings is 1. The van der Waals surface area contributed by atoms with E-state index < -0.39 is 0 Å². The molecule has 4 heteroatoms. The van der Waals surface area contributed by atoms with Crippen LogP contribution in [-0.2, 0) is 6.42 Å². The maximum absolute atomic E-state index is 5.98. The van der Waals surface area contributed by atoms with Gasteiger partial charge in [0.15, 0.2) is 0 Å². The van der Waals surface area contributed by atoms with Crippen LogP contribution in [0.15, 0.2) is 10.5 Å². The van der Waals surface area contributed by atoms with Gasteiger partial charge < -0.3 is 5.32 Å². The van der Waals surface area contributed by atoms with Crippen molar-refractivity contribution in [2.75, 3.05) is 6.54 Å². The molecule has 0 radical (unpaired) electrons. The molecule has 1 aromatic rings. The highest BCUT2D eigenvalue weighted by molar-refractivity contribution is 9.10. The van der Waals surface area contributed by atoms with E-state index in [9.17, 15) is 0 Å². The van der Waals surface area contributed by atoms with Crippen LogP contribution >= 0.6 is 38.9 Å². The van der Waals surface area contributed by atoms with Gasteiger partial charge in [-0.3, -0.25) is 0 Å². The molecule has 1 aliphatic carbocycles. The Balaban J connectivity index is 1.60. The lowest BCUT2D eigenvalue weighted by Gasteiger charge is -2.01. The first-order valence-electron chi connectivity index (χ1n) is 5.43. The van der Waals surface area contributed by atoms with Crippen molar-refractivity contribution in [3.63, 3.8) is 0 Å². The Bertz CT molecular complexity index is 303. The van der Waals surface area contributed by atoms with Gasteiger partial charge in [-0.1, -0.05) is 11.6 Å². The smallest absolute Gasteiger partial charge is 0.107 e. The first-order valence-corrected chi connectivity index (χ1v) is 7.41. The normalized spacial score (nSPS) is 15.9. The largest absolute Gasteiger partial charge is 0.314 e. The van der Waals surface area contributed by atoms with Gasteiger partial charge in [0.25, 0.3) is 0 Å². The van der Waals surface area contributed by atoms with Crippen LogP contribution in [-0.4, -0.2) is 12.6 Å². The molecule has 1 N–H and O–H groups in total. The summed E-state index contributed by atoms with van der Waals surface area (Å²) in [7, 11) is 0. The minimum Gasteiger partial charge on any atom is -0.314 e. The molecule has 1 aromatic heterocycles. The standard InChI is InChI=1S/C11H15BrClNS/c12-10-7-9(15-11(10)13)3-1-2-6-14-8-4-5-8/h7-8,14H,1-6H2. The summed E-state index contributed by atoms with van der Waals surface area (Å²) in [5.41, 5.74) is 0. The fraction of sp³-hybridized carbons (Fsp3) is 0.636. The number of unbranched alkanes of at least 4 members (excludes halogenated alkanes) is 1. The Morgan fingerprint density at radius 3 is 2.87 bits per heavy atom. The van der Waals surface area contributed by atoms with E-state index in [-0.39, 0.29) is 0 Å². The molecule has 0 aromatic carbocycles. The summed E-state index contributed by atoms with van der Waals surface area (Å²) < 4.78 is 1.92. The van der Waals surface area contributed by atoms with Crippen molar-refractivity contribution < 1.29 is 0 Å². The number of aryl methyl sites for hydroxylation is 1. The second-order valence-electron chi connectivity index (χ2n) is 4.02. The van der Waals surface area contributed by atoms with Gasteiger partial charge in [0, 0.05) is 15.4 Å². The molecule has 1 nitrogen and oxygen atoms in total. The van der Waals surface area contributed by atoms with E-state index in [0.717, 1.165) is 21.3 Å². The quantitative estimate of drug-likeness (QED) is 0.775. The molecule has 1 aliphatic rings. The maximum atomic E-state index is 5.98. The van der Waals surface area contributed by atoms with Crippen LogP contribution in [0.25, 0.3) is 0 Å². The predicted octanol–water partition coefficient (Wildman–Crippen LogP) is 4.24. The summed E-state index contributed by atoms with van der Waals surface area (Å²) in [4.78, 5) is 1.39. The van der Waals surface area contributed by atoms with Crippen molar-refractivity contribution in [1.29, 1.82) is 0 Å². The second kappa shape index (κ2) is 5.67. The van der Waals surface area contributed by atoms with Crippen LogP contribution in [0.2, 0.25) is 4.34 Å². The Kier molecular flexibility index (Phi) is 4.50. The maximum Gasteiger partial charge on any atom is 0.107 e. The van der Waals surface area contributed by atoms with Crippen molar-refractivity contribution in [3.8, 4) is 0 Å². The predicted molar refractivity (Wildman–Crippen MR) is 71.0 cm³/mol. The molecule has 84 valence electrons. The van der Waals surface area contributed by atoms with Crippen molar-refractivity contribution in [3.05, 3.63) is 19.8 Å². The number of halogens is 2. The van der Waals surface area contributed by atoms with Crippen molar-refractivity contribution >= 4 is 38.9 Å². The molecular weight excluding hydrogens is 294 g/mol. The zero-order chi connectivity index (χ0) is 10.7. The first kappa shape index (κ1) is 11.9. The van der Waals surface area contributed by atoms with Gasteiger partial charge in [-0.25, -0.2) is 0 Å². The van der Waals surface area contributed by atoms with Crippen LogP contribution in [0, 0.1) is 0 Å². The van der Waals surface area contributed by atoms with Crippen LogP contribution < -0.4 is 5.32 Å². The van der Waals surface area contributed by atoms with Crippen LogP contribution in [0.4, 0.5) is 0 Å². The van der Waals surface area contributed by atoms with Crippen LogP contribution in [0.1, 0.15) is 30.6 Å². The highest BCUT2D eigenvalue weighted by atomic mass is 79.9. The monoisotopic (exact) mass is 307 g/mol. The topological polar surface area (TPSA) is 12.0 Å². The fourth-order valence-electron chi connectivity index (χ4n) is 1.53. The van der Waals surface area contributed by atoms with E-state index in [1.54, 1.807) is 11.3 Å². The van der Waals surface area contributed by atoms with Crippen molar-refractivity contribution in [2.45, 2.75) is 38.1 Å². The Morgan fingerprint density at radius 1 is 1.47 bits per heavy atom. The minimum atomic E-state index is 0.843. The molecule has 0 atom stereocenters. The SMILES string of the molecule is Clc1sc(CCCCNC2CC2)cc1Br. The highest BCUT2D eigenvalue weighted by Crippen LogP contribution is 2.32. The Labute approximate surface area is 108 Å². The van der Waals surface area contributed by atoms with Gasteiger partial charge >= 0.3 is 0 Å². The molecule has 1 fully saturated rings. The van der Waals surface area contributed by atoms with Gasteiger partial charge in [-0.2, -0.15) is 0 Å². The van der Waals surface area contributed by atoms with E-state index in [1.807, 2.05) is 0 Å². The molecule has 0 bridgehead atoms. The Morgan fingerprint density at radius 2 is 2.27 bits per heavy atom. The van der Waals surface area contributed by atoms with E-state index in [4.69, 9.17) is 11.6 Å². The molecule has 0 unspecified atom stereocenters. The van der Waals surface area contributed by atoms with Crippen LogP contribution in [0.3, 0.4) is 0 Å². The average Bonchev–Trinajstić information content (AvgIpc) is 2.95. The fourth-order valence-corrected chi connectivity index (χ4v) is 3.36. The van der Waals surface area contributed by atoms with E-state index in [2.05, 4.69) is 27.3 Å². The van der Waals surface area contributed by atoms with Crippen molar-refractivity contribution in [2.24, 2.45) is 0 Å². The van der Waals surface area contributed by atoms with E-state index in [1.165, 1.54) is 37.1 Å². The summed E-state index contributed by atoms with van der Waals surface area (Å²) in [6.07, 6.45) is 6.44. The van der Waals surface area contributed by atoms with Crippen LogP contribution in [0.5, 0.6) is 0 Å². The zero-order valence-electron chi connectivity index (χ0n) is 8.56. The number of nitrogens with one attached hydrogen (secondary N) is 1. The highest BCUT2D eigenvalue weighted by Gasteiger charge is 2.19. The number of rotatable bonds is 6. The van der Waals surface area contributed by atoms with Gasteiger partial charge in [-0.15, -0.1) is 11.3 Å². The molecule has 1 saturated carbocycles. The molecule has 2 rings (SSSR count).